The molecular weight excluding hydrogens is 272 g/mol. The van der Waals surface area contributed by atoms with Crippen LogP contribution >= 0.6 is 0 Å². The van der Waals surface area contributed by atoms with Gasteiger partial charge in [-0.1, -0.05) is 49.4 Å². The first-order chi connectivity index (χ1) is 10.7. The Bertz CT molecular complexity index is 656. The molecule has 0 radical (unpaired) electrons. The number of amides is 1. The molecule has 0 aliphatic heterocycles. The van der Waals surface area contributed by atoms with Gasteiger partial charge in [0.25, 0.3) is 0 Å². The first-order valence-corrected chi connectivity index (χ1v) is 7.44. The van der Waals surface area contributed by atoms with Crippen molar-refractivity contribution in [3.05, 3.63) is 71.3 Å². The van der Waals surface area contributed by atoms with E-state index in [4.69, 9.17) is 5.26 Å². The maximum absolute atomic E-state index is 12.7. The SMILES string of the molecule is CC[C@@H](C(=O)N(C)Cc1ccc(C#N)cc1)c1ccccc1. The number of nitriles is 1. The fourth-order valence-corrected chi connectivity index (χ4v) is 2.54. The number of hydrogen-bond donors (Lipinski definition) is 0. The lowest BCUT2D eigenvalue weighted by Gasteiger charge is -2.23. The number of carbonyl (C=O) groups excluding carboxylic acids is 1. The maximum atomic E-state index is 12.7. The fraction of sp³-hybridized carbons (Fsp3) is 0.263. The highest BCUT2D eigenvalue weighted by Crippen LogP contribution is 2.22. The zero-order valence-corrected chi connectivity index (χ0v) is 13.0. The molecule has 0 spiro atoms. The van der Waals surface area contributed by atoms with Gasteiger partial charge in [0, 0.05) is 13.6 Å². The minimum atomic E-state index is -0.107. The predicted octanol–water partition coefficient (Wildman–Crippen LogP) is 3.71. The zero-order chi connectivity index (χ0) is 15.9. The smallest absolute Gasteiger partial charge is 0.230 e. The average Bonchev–Trinajstić information content (AvgIpc) is 2.57. The normalized spacial score (nSPS) is 11.5. The van der Waals surface area contributed by atoms with E-state index in [-0.39, 0.29) is 11.8 Å². The van der Waals surface area contributed by atoms with Gasteiger partial charge in [0.1, 0.15) is 0 Å². The molecule has 0 N–H and O–H groups in total. The van der Waals surface area contributed by atoms with Gasteiger partial charge < -0.3 is 4.90 Å². The van der Waals surface area contributed by atoms with E-state index >= 15 is 0 Å². The molecule has 1 atom stereocenters. The molecule has 3 heteroatoms. The summed E-state index contributed by atoms with van der Waals surface area (Å²) in [6.45, 7) is 2.58. The fourth-order valence-electron chi connectivity index (χ4n) is 2.54. The van der Waals surface area contributed by atoms with Crippen molar-refractivity contribution in [1.29, 1.82) is 5.26 Å². The Balaban J connectivity index is 2.08. The Morgan fingerprint density at radius 1 is 1.14 bits per heavy atom. The summed E-state index contributed by atoms with van der Waals surface area (Å²) in [6, 6.07) is 19.3. The minimum Gasteiger partial charge on any atom is -0.341 e. The maximum Gasteiger partial charge on any atom is 0.230 e. The quantitative estimate of drug-likeness (QED) is 0.843. The van der Waals surface area contributed by atoms with Gasteiger partial charge in [0.2, 0.25) is 5.91 Å². The number of nitrogens with zero attached hydrogens (tertiary/aromatic N) is 2. The van der Waals surface area contributed by atoms with Gasteiger partial charge in [-0.05, 0) is 29.7 Å². The van der Waals surface area contributed by atoms with Gasteiger partial charge in [0.15, 0.2) is 0 Å². The van der Waals surface area contributed by atoms with Gasteiger partial charge in [-0.25, -0.2) is 0 Å². The Kier molecular flexibility index (Phi) is 5.32. The molecule has 0 aliphatic rings. The summed E-state index contributed by atoms with van der Waals surface area (Å²) in [5.41, 5.74) is 2.72. The van der Waals surface area contributed by atoms with Crippen LogP contribution in [0.1, 0.15) is 36.0 Å². The third kappa shape index (κ3) is 3.73. The van der Waals surface area contributed by atoms with Crippen molar-refractivity contribution >= 4 is 5.91 Å². The van der Waals surface area contributed by atoms with Crippen molar-refractivity contribution in [2.75, 3.05) is 7.05 Å². The molecule has 2 aromatic carbocycles. The molecule has 22 heavy (non-hydrogen) atoms. The second-order valence-corrected chi connectivity index (χ2v) is 5.37. The summed E-state index contributed by atoms with van der Waals surface area (Å²) < 4.78 is 0. The molecule has 0 aromatic heterocycles. The Hall–Kier alpha value is -2.60. The number of hydrogen-bond acceptors (Lipinski definition) is 2. The lowest BCUT2D eigenvalue weighted by Crippen LogP contribution is -2.31. The van der Waals surface area contributed by atoms with Crippen LogP contribution < -0.4 is 0 Å². The molecule has 2 aromatic rings. The van der Waals surface area contributed by atoms with Crippen LogP contribution in [0.15, 0.2) is 54.6 Å². The molecule has 3 nitrogen and oxygen atoms in total. The Morgan fingerprint density at radius 3 is 2.32 bits per heavy atom. The highest BCUT2D eigenvalue weighted by molar-refractivity contribution is 5.83. The number of rotatable bonds is 5. The molecule has 0 bridgehead atoms. The lowest BCUT2D eigenvalue weighted by atomic mass is 9.95. The van der Waals surface area contributed by atoms with Crippen molar-refractivity contribution in [3.8, 4) is 6.07 Å². The molecule has 0 saturated carbocycles. The number of carbonyl (C=O) groups is 1. The summed E-state index contributed by atoms with van der Waals surface area (Å²) in [6.07, 6.45) is 0.778. The third-order valence-corrected chi connectivity index (χ3v) is 3.79. The highest BCUT2D eigenvalue weighted by Gasteiger charge is 2.21. The van der Waals surface area contributed by atoms with Gasteiger partial charge in [-0.2, -0.15) is 5.26 Å². The summed E-state index contributed by atoms with van der Waals surface area (Å²) in [7, 11) is 1.83. The molecule has 0 unspecified atom stereocenters. The van der Waals surface area contributed by atoms with Crippen molar-refractivity contribution < 1.29 is 4.79 Å². The van der Waals surface area contributed by atoms with E-state index in [1.54, 1.807) is 17.0 Å². The van der Waals surface area contributed by atoms with Crippen molar-refractivity contribution in [2.45, 2.75) is 25.8 Å². The first-order valence-electron chi connectivity index (χ1n) is 7.44. The average molecular weight is 292 g/mol. The summed E-state index contributed by atoms with van der Waals surface area (Å²) in [5, 5.41) is 8.81. The lowest BCUT2D eigenvalue weighted by molar-refractivity contribution is -0.132. The van der Waals surface area contributed by atoms with E-state index in [1.807, 2.05) is 56.4 Å². The Labute approximate surface area is 131 Å². The van der Waals surface area contributed by atoms with Crippen LogP contribution in [0.3, 0.4) is 0 Å². The summed E-state index contributed by atoms with van der Waals surface area (Å²) in [5.74, 6) is 0.0163. The van der Waals surface area contributed by atoms with Crippen LogP contribution in [-0.4, -0.2) is 17.9 Å². The van der Waals surface area contributed by atoms with Gasteiger partial charge in [0.05, 0.1) is 17.6 Å². The highest BCUT2D eigenvalue weighted by atomic mass is 16.2. The predicted molar refractivity (Wildman–Crippen MR) is 87.1 cm³/mol. The summed E-state index contributed by atoms with van der Waals surface area (Å²) >= 11 is 0. The van der Waals surface area contributed by atoms with Crippen LogP contribution in [0, 0.1) is 11.3 Å². The molecule has 1 amide bonds. The van der Waals surface area contributed by atoms with E-state index in [2.05, 4.69) is 6.07 Å². The third-order valence-electron chi connectivity index (χ3n) is 3.79. The van der Waals surface area contributed by atoms with Crippen LogP contribution in [-0.2, 0) is 11.3 Å². The molecule has 0 aliphatic carbocycles. The van der Waals surface area contributed by atoms with Crippen LogP contribution in [0.25, 0.3) is 0 Å². The molecule has 112 valence electrons. The van der Waals surface area contributed by atoms with Gasteiger partial charge in [-0.15, -0.1) is 0 Å². The number of benzene rings is 2. The van der Waals surface area contributed by atoms with E-state index in [0.717, 1.165) is 17.5 Å². The van der Waals surface area contributed by atoms with E-state index in [9.17, 15) is 4.79 Å². The number of likely N-dealkylation sites (N-methyl/N-ethyl adjacent to an activating group) is 1. The van der Waals surface area contributed by atoms with E-state index in [1.165, 1.54) is 0 Å². The van der Waals surface area contributed by atoms with Crippen LogP contribution in [0.5, 0.6) is 0 Å². The topological polar surface area (TPSA) is 44.1 Å². The van der Waals surface area contributed by atoms with Crippen molar-refractivity contribution in [1.82, 2.24) is 4.90 Å². The molecule has 0 fully saturated rings. The van der Waals surface area contributed by atoms with E-state index in [0.29, 0.717) is 12.1 Å². The monoisotopic (exact) mass is 292 g/mol. The molecule has 0 saturated heterocycles. The van der Waals surface area contributed by atoms with Gasteiger partial charge >= 0.3 is 0 Å². The minimum absolute atomic E-state index is 0.107. The zero-order valence-electron chi connectivity index (χ0n) is 13.0. The first kappa shape index (κ1) is 15.8. The van der Waals surface area contributed by atoms with E-state index < -0.39 is 0 Å². The second kappa shape index (κ2) is 7.42. The van der Waals surface area contributed by atoms with Crippen molar-refractivity contribution in [2.24, 2.45) is 0 Å². The molecule has 2 rings (SSSR count). The second-order valence-electron chi connectivity index (χ2n) is 5.37. The largest absolute Gasteiger partial charge is 0.341 e. The summed E-state index contributed by atoms with van der Waals surface area (Å²) in [4.78, 5) is 14.4. The standard InChI is InChI=1S/C19H20N2O/c1-3-18(17-7-5-4-6-8-17)19(22)21(2)14-16-11-9-15(13-20)10-12-16/h4-12,18H,3,14H2,1-2H3/t18-/m1/s1. The van der Waals surface area contributed by atoms with Crippen LogP contribution in [0.4, 0.5) is 0 Å². The molecule has 0 heterocycles. The van der Waals surface area contributed by atoms with Crippen molar-refractivity contribution in [3.63, 3.8) is 0 Å². The molecular formula is C19H20N2O. The van der Waals surface area contributed by atoms with Gasteiger partial charge in [-0.3, -0.25) is 4.79 Å². The van der Waals surface area contributed by atoms with Crippen LogP contribution in [0.2, 0.25) is 0 Å². The Morgan fingerprint density at radius 2 is 1.77 bits per heavy atom.